The summed E-state index contributed by atoms with van der Waals surface area (Å²) in [6, 6.07) is 12.4. The normalized spacial score (nSPS) is 10.3. The quantitative estimate of drug-likeness (QED) is 0.882. The summed E-state index contributed by atoms with van der Waals surface area (Å²) in [5.41, 5.74) is 1.03. The van der Waals surface area contributed by atoms with Crippen molar-refractivity contribution in [1.82, 2.24) is 0 Å². The summed E-state index contributed by atoms with van der Waals surface area (Å²) in [5, 5.41) is 2.83. The number of rotatable bonds is 6. The zero-order valence-electron chi connectivity index (χ0n) is 13.8. The van der Waals surface area contributed by atoms with Crippen molar-refractivity contribution in [3.8, 4) is 17.2 Å². The van der Waals surface area contributed by atoms with E-state index in [0.717, 1.165) is 5.75 Å². The van der Waals surface area contributed by atoms with Gasteiger partial charge in [-0.1, -0.05) is 6.07 Å². The van der Waals surface area contributed by atoms with Gasteiger partial charge >= 0.3 is 0 Å². The first-order valence-electron chi connectivity index (χ1n) is 7.34. The topological polar surface area (TPSA) is 56.8 Å². The Morgan fingerprint density at radius 3 is 2.00 bits per heavy atom. The summed E-state index contributed by atoms with van der Waals surface area (Å²) in [6.07, 6.45) is 0.105. The number of methoxy groups -OCH3 is 2. The van der Waals surface area contributed by atoms with E-state index in [1.165, 1.54) is 14.2 Å². The van der Waals surface area contributed by atoms with Crippen LogP contribution in [0.25, 0.3) is 0 Å². The highest BCUT2D eigenvalue weighted by Gasteiger charge is 2.18. The highest BCUT2D eigenvalue weighted by molar-refractivity contribution is 6.08. The minimum absolute atomic E-state index is 0.105. The Morgan fingerprint density at radius 2 is 1.52 bits per heavy atom. The third-order valence-corrected chi connectivity index (χ3v) is 3.14. The maximum Gasteiger partial charge on any atom is 0.263 e. The van der Waals surface area contributed by atoms with Gasteiger partial charge < -0.3 is 19.5 Å². The molecule has 5 nitrogen and oxygen atoms in total. The van der Waals surface area contributed by atoms with Crippen LogP contribution < -0.4 is 19.5 Å². The summed E-state index contributed by atoms with van der Waals surface area (Å²) in [5.74, 6) is 1.38. The lowest BCUT2D eigenvalue weighted by Gasteiger charge is -2.14. The molecule has 2 aromatic carbocycles. The first-order valence-corrected chi connectivity index (χ1v) is 7.34. The second-order valence-electron chi connectivity index (χ2n) is 5.18. The molecule has 0 saturated carbocycles. The highest BCUT2D eigenvalue weighted by atomic mass is 16.5. The SMILES string of the molecule is COc1cccc(OC)c1C(=O)Nc1ccc(OC(C)C)cc1. The molecule has 0 aromatic heterocycles. The van der Waals surface area contributed by atoms with E-state index in [1.54, 1.807) is 30.3 Å². The van der Waals surface area contributed by atoms with Crippen molar-refractivity contribution in [2.45, 2.75) is 20.0 Å². The Morgan fingerprint density at radius 1 is 0.957 bits per heavy atom. The number of hydrogen-bond acceptors (Lipinski definition) is 4. The minimum Gasteiger partial charge on any atom is -0.496 e. The summed E-state index contributed by atoms with van der Waals surface area (Å²) < 4.78 is 16.1. The summed E-state index contributed by atoms with van der Waals surface area (Å²) in [6.45, 7) is 3.92. The second-order valence-corrected chi connectivity index (χ2v) is 5.18. The Balaban J connectivity index is 2.19. The molecule has 0 atom stereocenters. The number of anilines is 1. The molecule has 0 fully saturated rings. The minimum atomic E-state index is -0.295. The Labute approximate surface area is 136 Å². The molecule has 2 rings (SSSR count). The molecule has 0 spiro atoms. The number of hydrogen-bond donors (Lipinski definition) is 1. The lowest BCUT2D eigenvalue weighted by Crippen LogP contribution is -2.14. The van der Waals surface area contributed by atoms with E-state index < -0.39 is 0 Å². The summed E-state index contributed by atoms with van der Waals surface area (Å²) in [7, 11) is 3.03. The lowest BCUT2D eigenvalue weighted by atomic mass is 10.1. The van der Waals surface area contributed by atoms with Crippen LogP contribution in [0.2, 0.25) is 0 Å². The summed E-state index contributed by atoms with van der Waals surface area (Å²) >= 11 is 0. The molecule has 0 heterocycles. The van der Waals surface area contributed by atoms with Crippen LogP contribution in [-0.2, 0) is 0 Å². The van der Waals surface area contributed by atoms with Crippen LogP contribution in [-0.4, -0.2) is 26.2 Å². The monoisotopic (exact) mass is 315 g/mol. The largest absolute Gasteiger partial charge is 0.496 e. The van der Waals surface area contributed by atoms with Crippen LogP contribution in [0.15, 0.2) is 42.5 Å². The Kier molecular flexibility index (Phi) is 5.46. The fourth-order valence-electron chi connectivity index (χ4n) is 2.16. The summed E-state index contributed by atoms with van der Waals surface area (Å²) in [4.78, 5) is 12.5. The van der Waals surface area contributed by atoms with Gasteiger partial charge in [-0.05, 0) is 50.2 Å². The fraction of sp³-hybridized carbons (Fsp3) is 0.278. The number of benzene rings is 2. The molecular weight excluding hydrogens is 294 g/mol. The molecule has 2 aromatic rings. The zero-order valence-corrected chi connectivity index (χ0v) is 13.8. The van der Waals surface area contributed by atoms with Crippen molar-refractivity contribution in [2.24, 2.45) is 0 Å². The predicted molar refractivity (Wildman–Crippen MR) is 89.7 cm³/mol. The Hall–Kier alpha value is -2.69. The van der Waals surface area contributed by atoms with Gasteiger partial charge in [0.25, 0.3) is 5.91 Å². The van der Waals surface area contributed by atoms with Crippen LogP contribution in [0.4, 0.5) is 5.69 Å². The first kappa shape index (κ1) is 16.7. The fourth-order valence-corrected chi connectivity index (χ4v) is 2.16. The van der Waals surface area contributed by atoms with Gasteiger partial charge in [0.15, 0.2) is 0 Å². The van der Waals surface area contributed by atoms with Gasteiger partial charge in [-0.15, -0.1) is 0 Å². The molecule has 0 unspecified atom stereocenters. The molecule has 23 heavy (non-hydrogen) atoms. The molecule has 122 valence electrons. The molecule has 0 bridgehead atoms. The van der Waals surface area contributed by atoms with E-state index in [4.69, 9.17) is 14.2 Å². The van der Waals surface area contributed by atoms with Crippen LogP contribution in [0.1, 0.15) is 24.2 Å². The molecule has 0 aliphatic heterocycles. The molecule has 0 radical (unpaired) electrons. The van der Waals surface area contributed by atoms with Gasteiger partial charge in [0.2, 0.25) is 0 Å². The number of nitrogens with one attached hydrogen (secondary N) is 1. The number of amides is 1. The van der Waals surface area contributed by atoms with Crippen molar-refractivity contribution < 1.29 is 19.0 Å². The average Bonchev–Trinajstić information content (AvgIpc) is 2.55. The predicted octanol–water partition coefficient (Wildman–Crippen LogP) is 3.74. The van der Waals surface area contributed by atoms with Gasteiger partial charge in [0.1, 0.15) is 22.8 Å². The lowest BCUT2D eigenvalue weighted by molar-refractivity contribution is 0.102. The van der Waals surface area contributed by atoms with E-state index in [0.29, 0.717) is 22.7 Å². The van der Waals surface area contributed by atoms with E-state index >= 15 is 0 Å². The Bertz CT molecular complexity index is 643. The number of carbonyl (C=O) groups excluding carboxylic acids is 1. The van der Waals surface area contributed by atoms with E-state index in [-0.39, 0.29) is 12.0 Å². The number of ether oxygens (including phenoxy) is 3. The van der Waals surface area contributed by atoms with Gasteiger partial charge in [-0.2, -0.15) is 0 Å². The third-order valence-electron chi connectivity index (χ3n) is 3.14. The second kappa shape index (κ2) is 7.54. The maximum atomic E-state index is 12.5. The van der Waals surface area contributed by atoms with Crippen LogP contribution in [0.3, 0.4) is 0 Å². The maximum absolute atomic E-state index is 12.5. The standard InChI is InChI=1S/C18H21NO4/c1-12(2)23-14-10-8-13(9-11-14)19-18(20)17-15(21-3)6-5-7-16(17)22-4/h5-12H,1-4H3,(H,19,20). The van der Waals surface area contributed by atoms with Gasteiger partial charge in [0, 0.05) is 5.69 Å². The van der Waals surface area contributed by atoms with E-state index in [1.807, 2.05) is 26.0 Å². The van der Waals surface area contributed by atoms with Crippen molar-refractivity contribution >= 4 is 11.6 Å². The van der Waals surface area contributed by atoms with E-state index in [9.17, 15) is 4.79 Å². The van der Waals surface area contributed by atoms with Crippen LogP contribution in [0, 0.1) is 0 Å². The van der Waals surface area contributed by atoms with E-state index in [2.05, 4.69) is 5.32 Å². The smallest absolute Gasteiger partial charge is 0.263 e. The van der Waals surface area contributed by atoms with Crippen LogP contribution >= 0.6 is 0 Å². The van der Waals surface area contributed by atoms with Gasteiger partial charge in [-0.3, -0.25) is 4.79 Å². The zero-order chi connectivity index (χ0) is 16.8. The van der Waals surface area contributed by atoms with Crippen molar-refractivity contribution in [3.05, 3.63) is 48.0 Å². The molecule has 0 aliphatic rings. The molecule has 1 N–H and O–H groups in total. The molecule has 0 aliphatic carbocycles. The van der Waals surface area contributed by atoms with Gasteiger partial charge in [-0.25, -0.2) is 0 Å². The molecule has 5 heteroatoms. The van der Waals surface area contributed by atoms with Gasteiger partial charge in [0.05, 0.1) is 20.3 Å². The van der Waals surface area contributed by atoms with Crippen molar-refractivity contribution in [2.75, 3.05) is 19.5 Å². The van der Waals surface area contributed by atoms with Crippen LogP contribution in [0.5, 0.6) is 17.2 Å². The highest BCUT2D eigenvalue weighted by Crippen LogP contribution is 2.29. The molecule has 1 amide bonds. The average molecular weight is 315 g/mol. The first-order chi connectivity index (χ1) is 11.0. The van der Waals surface area contributed by atoms with Crippen molar-refractivity contribution in [1.29, 1.82) is 0 Å². The molecular formula is C18H21NO4. The van der Waals surface area contributed by atoms with Crippen molar-refractivity contribution in [3.63, 3.8) is 0 Å². The number of carbonyl (C=O) groups is 1. The molecule has 0 saturated heterocycles. The third kappa shape index (κ3) is 4.16.